The Labute approximate surface area is 222 Å². The summed E-state index contributed by atoms with van der Waals surface area (Å²) < 4.78 is 54.0. The van der Waals surface area contributed by atoms with Gasteiger partial charge in [-0.25, -0.2) is 32.0 Å². The van der Waals surface area contributed by atoms with Crippen LogP contribution in [0.3, 0.4) is 0 Å². The van der Waals surface area contributed by atoms with Crippen LogP contribution in [0.15, 0.2) is 84.0 Å². The molecule has 0 aliphatic carbocycles. The number of rotatable bonds is 7. The van der Waals surface area contributed by atoms with E-state index in [0.29, 0.717) is 45.5 Å². The summed E-state index contributed by atoms with van der Waals surface area (Å²) in [5.74, 6) is 0.377. The van der Waals surface area contributed by atoms with E-state index in [-0.39, 0.29) is 10.6 Å². The van der Waals surface area contributed by atoms with Gasteiger partial charge in [-0.1, -0.05) is 47.1 Å². The number of aryl methyl sites for hydroxylation is 1. The lowest BCUT2D eigenvalue weighted by atomic mass is 10.00. The minimum absolute atomic E-state index is 0.0258. The Morgan fingerprint density at radius 2 is 1.76 bits per heavy atom. The van der Waals surface area contributed by atoms with E-state index in [2.05, 4.69) is 15.3 Å². The highest BCUT2D eigenvalue weighted by Crippen LogP contribution is 2.34. The Bertz CT molecular complexity index is 1730. The van der Waals surface area contributed by atoms with E-state index < -0.39 is 16.4 Å². The van der Waals surface area contributed by atoms with Crippen LogP contribution in [0, 0.1) is 6.92 Å². The molecule has 194 valence electrons. The summed E-state index contributed by atoms with van der Waals surface area (Å²) in [4.78, 5) is 3.98. The van der Waals surface area contributed by atoms with Gasteiger partial charge in [0.1, 0.15) is 11.5 Å². The van der Waals surface area contributed by atoms with Crippen molar-refractivity contribution in [3.8, 4) is 28.1 Å². The monoisotopic (exact) mass is 554 g/mol. The number of imidazole rings is 1. The molecule has 0 atom stereocenters. The van der Waals surface area contributed by atoms with Gasteiger partial charge in [-0.15, -0.1) is 5.10 Å². The molecule has 2 aromatic heterocycles. The molecule has 0 radical (unpaired) electrons. The lowest BCUT2D eigenvalue weighted by Gasteiger charge is -2.15. The average Bonchev–Trinajstić information content (AvgIpc) is 3.51. The molecule has 0 unspecified atom stereocenters. The molecule has 2 N–H and O–H groups in total. The maximum absolute atomic E-state index is 13.4. The number of nitrogens with zero attached hydrogens (tertiary/aromatic N) is 5. The molecule has 2 heterocycles. The van der Waals surface area contributed by atoms with Crippen LogP contribution >= 0.6 is 11.6 Å². The van der Waals surface area contributed by atoms with Gasteiger partial charge in [-0.2, -0.15) is 0 Å². The first-order chi connectivity index (χ1) is 18.1. The molecule has 5 rings (SSSR count). The van der Waals surface area contributed by atoms with E-state index in [1.165, 1.54) is 18.3 Å². The number of nitrogens with two attached hydrogens (primary N) is 1. The molecule has 0 saturated carbocycles. The molecule has 0 amide bonds. The van der Waals surface area contributed by atoms with Gasteiger partial charge in [0.25, 0.3) is 6.43 Å². The largest absolute Gasteiger partial charge is 0.303 e. The number of hydrogen-bond donors (Lipinski definition) is 1. The lowest BCUT2D eigenvalue weighted by Crippen LogP contribution is -2.11. The zero-order chi connectivity index (χ0) is 27.0. The molecule has 3 aromatic carbocycles. The van der Waals surface area contributed by atoms with Crippen LogP contribution in [0.5, 0.6) is 0 Å². The maximum Gasteiger partial charge on any atom is 0.281 e. The molecular weight excluding hydrogens is 534 g/mol. The van der Waals surface area contributed by atoms with Gasteiger partial charge in [0, 0.05) is 16.8 Å². The van der Waals surface area contributed by atoms with Gasteiger partial charge in [0.2, 0.25) is 10.0 Å². The zero-order valence-corrected chi connectivity index (χ0v) is 21.5. The van der Waals surface area contributed by atoms with Crippen LogP contribution < -0.4 is 5.14 Å². The van der Waals surface area contributed by atoms with Crippen LogP contribution in [0.2, 0.25) is 5.02 Å². The quantitative estimate of drug-likeness (QED) is 0.290. The fourth-order valence-electron chi connectivity index (χ4n) is 4.17. The third-order valence-electron chi connectivity index (χ3n) is 6.02. The minimum Gasteiger partial charge on any atom is -0.303 e. The van der Waals surface area contributed by atoms with Gasteiger partial charge < -0.3 is 4.57 Å². The molecular formula is C26H21ClF2N6O2S. The molecule has 5 aromatic rings. The highest BCUT2D eigenvalue weighted by molar-refractivity contribution is 7.89. The van der Waals surface area contributed by atoms with Crippen molar-refractivity contribution in [1.82, 2.24) is 24.5 Å². The van der Waals surface area contributed by atoms with Crippen LogP contribution in [0.25, 0.3) is 28.1 Å². The third-order valence-corrected chi connectivity index (χ3v) is 7.18. The molecule has 12 heteroatoms. The van der Waals surface area contributed by atoms with Crippen LogP contribution in [0.4, 0.5) is 8.78 Å². The summed E-state index contributed by atoms with van der Waals surface area (Å²) in [5, 5.41) is 14.3. The van der Waals surface area contributed by atoms with Crippen molar-refractivity contribution in [2.75, 3.05) is 0 Å². The average molecular weight is 555 g/mol. The van der Waals surface area contributed by atoms with E-state index in [1.807, 2.05) is 18.2 Å². The van der Waals surface area contributed by atoms with E-state index in [1.54, 1.807) is 58.8 Å². The Hall–Kier alpha value is -3.93. The molecule has 0 fully saturated rings. The summed E-state index contributed by atoms with van der Waals surface area (Å²) in [6.07, 6.45) is 0.156. The number of hydrogen-bond acceptors (Lipinski definition) is 5. The van der Waals surface area contributed by atoms with Gasteiger partial charge in [-0.3, -0.25) is 0 Å². The van der Waals surface area contributed by atoms with Crippen molar-refractivity contribution in [3.05, 3.63) is 101 Å². The standard InChI is InChI=1S/C26H21ClF2N6O2S/c1-16-32-23(26(28)29)15-34(16)24-10-7-19(18-3-2-4-21(11-18)38(30,36)37)12-22(24)25-13-31-33-35(25)14-17-5-8-20(27)9-6-17/h2-13,15,26H,14H2,1H3,(H2,30,36,37). The zero-order valence-electron chi connectivity index (χ0n) is 20.0. The molecule has 8 nitrogen and oxygen atoms in total. The molecule has 0 aliphatic heterocycles. The number of alkyl halides is 2. The summed E-state index contributed by atoms with van der Waals surface area (Å²) in [5.41, 5.74) is 3.70. The van der Waals surface area contributed by atoms with Gasteiger partial charge in [0.05, 0.1) is 29.0 Å². The minimum atomic E-state index is -3.91. The number of halogens is 3. The van der Waals surface area contributed by atoms with E-state index in [9.17, 15) is 17.2 Å². The van der Waals surface area contributed by atoms with Crippen LogP contribution in [-0.2, 0) is 16.6 Å². The molecule has 0 bridgehead atoms. The molecule has 0 aliphatic rings. The van der Waals surface area contributed by atoms with E-state index >= 15 is 0 Å². The second-order valence-electron chi connectivity index (χ2n) is 8.59. The molecule has 0 saturated heterocycles. The first-order valence-corrected chi connectivity index (χ1v) is 13.3. The lowest BCUT2D eigenvalue weighted by molar-refractivity contribution is 0.146. The Morgan fingerprint density at radius 1 is 1.03 bits per heavy atom. The third kappa shape index (κ3) is 5.21. The van der Waals surface area contributed by atoms with Crippen molar-refractivity contribution in [2.45, 2.75) is 24.8 Å². The number of sulfonamides is 1. The molecule has 38 heavy (non-hydrogen) atoms. The fraction of sp³-hybridized carbons (Fsp3) is 0.115. The second-order valence-corrected chi connectivity index (χ2v) is 10.6. The number of benzene rings is 3. The smallest absolute Gasteiger partial charge is 0.281 e. The maximum atomic E-state index is 13.4. The van der Waals surface area contributed by atoms with Crippen LogP contribution in [-0.4, -0.2) is 33.0 Å². The summed E-state index contributed by atoms with van der Waals surface area (Å²) in [6, 6.07) is 18.9. The SMILES string of the molecule is Cc1nc(C(F)F)cn1-c1ccc(-c2cccc(S(N)(=O)=O)c2)cc1-c1cnnn1Cc1ccc(Cl)cc1. The Kier molecular flexibility index (Phi) is 6.82. The van der Waals surface area contributed by atoms with E-state index in [0.717, 1.165) is 5.56 Å². The van der Waals surface area contributed by atoms with Crippen molar-refractivity contribution >= 4 is 21.6 Å². The first kappa shape index (κ1) is 25.7. The van der Waals surface area contributed by atoms with Crippen LogP contribution in [0.1, 0.15) is 23.5 Å². The highest BCUT2D eigenvalue weighted by Gasteiger charge is 2.20. The number of aromatic nitrogens is 5. The van der Waals surface area contributed by atoms with Gasteiger partial charge in [0.15, 0.2) is 0 Å². The predicted molar refractivity (Wildman–Crippen MR) is 140 cm³/mol. The van der Waals surface area contributed by atoms with Crippen molar-refractivity contribution < 1.29 is 17.2 Å². The highest BCUT2D eigenvalue weighted by atomic mass is 35.5. The van der Waals surface area contributed by atoms with E-state index in [4.69, 9.17) is 16.7 Å². The fourth-order valence-corrected chi connectivity index (χ4v) is 4.86. The molecule has 0 spiro atoms. The topological polar surface area (TPSA) is 109 Å². The summed E-state index contributed by atoms with van der Waals surface area (Å²) >= 11 is 6.02. The van der Waals surface area contributed by atoms with Gasteiger partial charge >= 0.3 is 0 Å². The summed E-state index contributed by atoms with van der Waals surface area (Å²) in [7, 11) is -3.91. The summed E-state index contributed by atoms with van der Waals surface area (Å²) in [6.45, 7) is 2.02. The van der Waals surface area contributed by atoms with Crippen molar-refractivity contribution in [2.24, 2.45) is 5.14 Å². The Balaban J connectivity index is 1.68. The predicted octanol–water partition coefficient (Wildman–Crippen LogP) is 5.39. The van der Waals surface area contributed by atoms with Gasteiger partial charge in [-0.05, 0) is 60.0 Å². The van der Waals surface area contributed by atoms with Crippen molar-refractivity contribution in [3.63, 3.8) is 0 Å². The number of primary sulfonamides is 1. The second kappa shape index (κ2) is 10.1. The van der Waals surface area contributed by atoms with Crippen molar-refractivity contribution in [1.29, 1.82) is 0 Å². The first-order valence-electron chi connectivity index (χ1n) is 11.3. The normalized spacial score (nSPS) is 11.8. The Morgan fingerprint density at radius 3 is 2.45 bits per heavy atom.